The van der Waals surface area contributed by atoms with E-state index in [0.717, 1.165) is 43.3 Å². The van der Waals surface area contributed by atoms with Crippen molar-refractivity contribution in [2.45, 2.75) is 49.8 Å². The fourth-order valence-electron chi connectivity index (χ4n) is 2.59. The Kier molecular flexibility index (Phi) is 10.1. The molecule has 0 aliphatic heterocycles. The first-order valence-electron chi connectivity index (χ1n) is 7.89. The van der Waals surface area contributed by atoms with E-state index in [1.165, 1.54) is 32.1 Å². The van der Waals surface area contributed by atoms with E-state index in [-0.39, 0.29) is 24.0 Å². The number of ether oxygens (including phenoxy) is 1. The number of guanidine groups is 1. The van der Waals surface area contributed by atoms with Gasteiger partial charge in [0.05, 0.1) is 0 Å². The molecule has 0 amide bonds. The summed E-state index contributed by atoms with van der Waals surface area (Å²) in [6.07, 6.45) is 9.83. The Hall–Kier alpha value is 0.310. The Morgan fingerprint density at radius 3 is 2.71 bits per heavy atom. The molecule has 0 heterocycles. The van der Waals surface area contributed by atoms with Gasteiger partial charge in [0.1, 0.15) is 0 Å². The van der Waals surface area contributed by atoms with Crippen LogP contribution in [0.2, 0.25) is 0 Å². The van der Waals surface area contributed by atoms with E-state index < -0.39 is 0 Å². The molecule has 2 aliphatic carbocycles. The van der Waals surface area contributed by atoms with E-state index in [0.29, 0.717) is 6.04 Å². The molecule has 2 unspecified atom stereocenters. The van der Waals surface area contributed by atoms with Crippen LogP contribution in [-0.2, 0) is 4.74 Å². The second kappa shape index (κ2) is 10.9. The highest BCUT2D eigenvalue weighted by atomic mass is 127. The predicted octanol–water partition coefficient (Wildman–Crippen LogP) is 2.87. The van der Waals surface area contributed by atoms with Crippen LogP contribution in [0, 0.1) is 5.92 Å². The number of hydrogen-bond donors (Lipinski definition) is 2. The highest BCUT2D eigenvalue weighted by molar-refractivity contribution is 14.0. The van der Waals surface area contributed by atoms with E-state index in [9.17, 15) is 0 Å². The summed E-state index contributed by atoms with van der Waals surface area (Å²) in [6, 6.07) is 0.588. The second-order valence-corrected chi connectivity index (χ2v) is 7.02. The zero-order valence-corrected chi connectivity index (χ0v) is 16.4. The van der Waals surface area contributed by atoms with Gasteiger partial charge in [-0.15, -0.1) is 24.0 Å². The van der Waals surface area contributed by atoms with Crippen LogP contribution in [0.15, 0.2) is 4.99 Å². The first-order chi connectivity index (χ1) is 9.81. The molecular formula is C15H30IN3OS. The zero-order valence-electron chi connectivity index (χ0n) is 13.3. The maximum atomic E-state index is 5.63. The molecule has 0 spiro atoms. The van der Waals surface area contributed by atoms with Crippen LogP contribution < -0.4 is 10.6 Å². The fourth-order valence-corrected chi connectivity index (χ4v) is 3.39. The number of halogens is 1. The zero-order chi connectivity index (χ0) is 14.2. The van der Waals surface area contributed by atoms with E-state index in [1.54, 1.807) is 0 Å². The SMILES string of the molecule is CN=C(NCCCOCC1CC1)NC1CCC(SC)C1.I. The van der Waals surface area contributed by atoms with Gasteiger partial charge in [0, 0.05) is 38.1 Å². The molecule has 6 heteroatoms. The molecule has 2 N–H and O–H groups in total. The number of thioether (sulfide) groups is 1. The third-order valence-electron chi connectivity index (χ3n) is 4.09. The molecule has 2 atom stereocenters. The molecule has 2 fully saturated rings. The molecule has 0 aromatic heterocycles. The van der Waals surface area contributed by atoms with E-state index in [4.69, 9.17) is 4.74 Å². The Labute approximate surface area is 150 Å². The molecule has 0 aromatic carbocycles. The van der Waals surface area contributed by atoms with Crippen LogP contribution in [0.25, 0.3) is 0 Å². The molecule has 0 radical (unpaired) electrons. The quantitative estimate of drug-likeness (QED) is 0.271. The van der Waals surface area contributed by atoms with Crippen LogP contribution in [0.4, 0.5) is 0 Å². The lowest BCUT2D eigenvalue weighted by atomic mass is 10.2. The smallest absolute Gasteiger partial charge is 0.191 e. The highest BCUT2D eigenvalue weighted by Crippen LogP contribution is 2.29. The summed E-state index contributed by atoms with van der Waals surface area (Å²) < 4.78 is 5.63. The Morgan fingerprint density at radius 1 is 1.29 bits per heavy atom. The van der Waals surface area contributed by atoms with Crippen LogP contribution in [0.1, 0.15) is 38.5 Å². The summed E-state index contributed by atoms with van der Waals surface area (Å²) in [5, 5.41) is 7.74. The van der Waals surface area contributed by atoms with Crippen molar-refractivity contribution < 1.29 is 4.74 Å². The minimum atomic E-state index is 0. The molecular weight excluding hydrogens is 397 g/mol. The summed E-state index contributed by atoms with van der Waals surface area (Å²) >= 11 is 1.99. The number of aliphatic imine (C=N–C) groups is 1. The lowest BCUT2D eigenvalue weighted by Gasteiger charge is -2.17. The van der Waals surface area contributed by atoms with Crippen molar-refractivity contribution in [3.63, 3.8) is 0 Å². The summed E-state index contributed by atoms with van der Waals surface area (Å²) in [4.78, 5) is 4.31. The second-order valence-electron chi connectivity index (χ2n) is 5.88. The molecule has 0 aromatic rings. The maximum Gasteiger partial charge on any atom is 0.191 e. The average Bonchev–Trinajstić information content (AvgIpc) is 3.18. The summed E-state index contributed by atoms with van der Waals surface area (Å²) in [5.41, 5.74) is 0. The predicted molar refractivity (Wildman–Crippen MR) is 103 cm³/mol. The van der Waals surface area contributed by atoms with Crippen molar-refractivity contribution in [3.05, 3.63) is 0 Å². The summed E-state index contributed by atoms with van der Waals surface area (Å²) in [6.45, 7) is 2.76. The Morgan fingerprint density at radius 2 is 2.10 bits per heavy atom. The number of rotatable bonds is 8. The van der Waals surface area contributed by atoms with Gasteiger partial charge in [-0.2, -0.15) is 11.8 Å². The largest absolute Gasteiger partial charge is 0.381 e. The van der Waals surface area contributed by atoms with E-state index in [2.05, 4.69) is 21.9 Å². The van der Waals surface area contributed by atoms with Crippen molar-refractivity contribution >= 4 is 41.7 Å². The molecule has 2 saturated carbocycles. The summed E-state index contributed by atoms with van der Waals surface area (Å²) in [5.74, 6) is 1.81. The minimum Gasteiger partial charge on any atom is -0.381 e. The van der Waals surface area contributed by atoms with Gasteiger partial charge in [-0.1, -0.05) is 0 Å². The molecule has 124 valence electrons. The van der Waals surface area contributed by atoms with Crippen LogP contribution in [0.3, 0.4) is 0 Å². The number of nitrogens with zero attached hydrogens (tertiary/aromatic N) is 1. The molecule has 0 saturated heterocycles. The number of hydrogen-bond acceptors (Lipinski definition) is 3. The maximum absolute atomic E-state index is 5.63. The van der Waals surface area contributed by atoms with Gasteiger partial charge in [0.25, 0.3) is 0 Å². The lowest BCUT2D eigenvalue weighted by molar-refractivity contribution is 0.123. The molecule has 2 aliphatic rings. The third kappa shape index (κ3) is 7.93. The standard InChI is InChI=1S/C15H29N3OS.HI/c1-16-15(18-13-6-7-14(10-13)20-2)17-8-3-9-19-11-12-4-5-12;/h12-14H,3-11H2,1-2H3,(H2,16,17,18);1H. The molecule has 4 nitrogen and oxygen atoms in total. The van der Waals surface area contributed by atoms with Gasteiger partial charge in [-0.25, -0.2) is 0 Å². The van der Waals surface area contributed by atoms with Gasteiger partial charge in [-0.3, -0.25) is 4.99 Å². The van der Waals surface area contributed by atoms with Crippen molar-refractivity contribution in [2.24, 2.45) is 10.9 Å². The Bertz CT molecular complexity index is 313. The molecule has 0 bridgehead atoms. The van der Waals surface area contributed by atoms with Gasteiger partial charge >= 0.3 is 0 Å². The van der Waals surface area contributed by atoms with Crippen LogP contribution in [-0.4, -0.2) is 50.3 Å². The van der Waals surface area contributed by atoms with E-state index >= 15 is 0 Å². The van der Waals surface area contributed by atoms with Crippen molar-refractivity contribution in [1.82, 2.24) is 10.6 Å². The monoisotopic (exact) mass is 427 g/mol. The normalized spacial score (nSPS) is 25.5. The summed E-state index contributed by atoms with van der Waals surface area (Å²) in [7, 11) is 1.85. The minimum absolute atomic E-state index is 0. The fraction of sp³-hybridized carbons (Fsp3) is 0.933. The average molecular weight is 427 g/mol. The van der Waals surface area contributed by atoms with Gasteiger partial charge in [0.15, 0.2) is 5.96 Å². The van der Waals surface area contributed by atoms with Crippen LogP contribution >= 0.6 is 35.7 Å². The topological polar surface area (TPSA) is 45.7 Å². The van der Waals surface area contributed by atoms with Crippen molar-refractivity contribution in [2.75, 3.05) is 33.1 Å². The first-order valence-corrected chi connectivity index (χ1v) is 9.18. The van der Waals surface area contributed by atoms with Gasteiger partial charge < -0.3 is 15.4 Å². The van der Waals surface area contributed by atoms with Crippen molar-refractivity contribution in [3.8, 4) is 0 Å². The molecule has 21 heavy (non-hydrogen) atoms. The third-order valence-corrected chi connectivity index (χ3v) is 5.19. The van der Waals surface area contributed by atoms with Crippen molar-refractivity contribution in [1.29, 1.82) is 0 Å². The van der Waals surface area contributed by atoms with Crippen LogP contribution in [0.5, 0.6) is 0 Å². The van der Waals surface area contributed by atoms with E-state index in [1.807, 2.05) is 18.8 Å². The Balaban J connectivity index is 0.00000220. The van der Waals surface area contributed by atoms with Gasteiger partial charge in [0.2, 0.25) is 0 Å². The highest BCUT2D eigenvalue weighted by Gasteiger charge is 2.24. The first kappa shape index (κ1) is 19.4. The lowest BCUT2D eigenvalue weighted by Crippen LogP contribution is -2.43. The molecule has 2 rings (SSSR count). The number of nitrogens with one attached hydrogen (secondary N) is 2. The van der Waals surface area contributed by atoms with Gasteiger partial charge in [-0.05, 0) is 50.7 Å².